The number of aromatic nitrogens is 4. The van der Waals surface area contributed by atoms with Crippen LogP contribution in [0.3, 0.4) is 0 Å². The van der Waals surface area contributed by atoms with Gasteiger partial charge in [-0.2, -0.15) is 31.4 Å². The topological polar surface area (TPSA) is 72.7 Å². The molecule has 0 aliphatic rings. The molecule has 0 aromatic carbocycles. The van der Waals surface area contributed by atoms with Gasteiger partial charge in [0.25, 0.3) is 5.91 Å². The molecule has 3 aromatic rings. The van der Waals surface area contributed by atoms with E-state index in [1.54, 1.807) is 0 Å². The van der Waals surface area contributed by atoms with E-state index in [0.29, 0.717) is 4.68 Å². The number of hydrogen-bond donors (Lipinski definition) is 1. The van der Waals surface area contributed by atoms with Crippen LogP contribution in [-0.4, -0.2) is 31.8 Å². The van der Waals surface area contributed by atoms with Crippen LogP contribution in [0.4, 0.5) is 32.0 Å². The normalized spacial score (nSPS) is 13.2. The zero-order valence-corrected chi connectivity index (χ0v) is 16.2. The summed E-state index contributed by atoms with van der Waals surface area (Å²) in [7, 11) is 0. The minimum absolute atomic E-state index is 0.105. The van der Waals surface area contributed by atoms with E-state index >= 15 is 0 Å². The molecular formula is C18H12ClF6N5O. The predicted octanol–water partition coefficient (Wildman–Crippen LogP) is 5.39. The van der Waals surface area contributed by atoms with E-state index in [1.807, 2.05) is 0 Å². The van der Waals surface area contributed by atoms with Crippen molar-refractivity contribution in [2.75, 3.05) is 5.32 Å². The highest BCUT2D eigenvalue weighted by molar-refractivity contribution is 6.30. The van der Waals surface area contributed by atoms with Crippen LogP contribution in [0, 0.1) is 0 Å². The van der Waals surface area contributed by atoms with Gasteiger partial charge < -0.3 is 5.32 Å². The Labute approximate surface area is 175 Å². The Kier molecular flexibility index (Phi) is 5.94. The molecule has 0 radical (unpaired) electrons. The molecule has 164 valence electrons. The average Bonchev–Trinajstić information content (AvgIpc) is 3.16. The first-order valence-corrected chi connectivity index (χ1v) is 8.86. The second-order valence-electron chi connectivity index (χ2n) is 6.34. The number of pyridine rings is 2. The zero-order chi connectivity index (χ0) is 23.0. The molecule has 13 heteroatoms. The molecule has 3 heterocycles. The molecule has 1 unspecified atom stereocenters. The summed E-state index contributed by atoms with van der Waals surface area (Å²) in [5, 5.41) is 5.59. The first kappa shape index (κ1) is 22.5. The van der Waals surface area contributed by atoms with Gasteiger partial charge in [0.15, 0.2) is 5.69 Å². The van der Waals surface area contributed by atoms with Gasteiger partial charge in [-0.25, -0.2) is 9.97 Å². The fourth-order valence-electron chi connectivity index (χ4n) is 2.50. The summed E-state index contributed by atoms with van der Waals surface area (Å²) in [6.07, 6.45) is -6.33. The maximum Gasteiger partial charge on any atom is 0.435 e. The summed E-state index contributed by atoms with van der Waals surface area (Å²) in [6, 6.07) is 3.03. The van der Waals surface area contributed by atoms with Crippen LogP contribution in [0.2, 0.25) is 5.02 Å². The molecule has 0 fully saturated rings. The Bertz CT molecular complexity index is 1110. The van der Waals surface area contributed by atoms with Crippen molar-refractivity contribution in [3.05, 3.63) is 59.3 Å². The van der Waals surface area contributed by atoms with Crippen LogP contribution in [0.15, 0.2) is 42.9 Å². The van der Waals surface area contributed by atoms with Gasteiger partial charge in [-0.15, -0.1) is 0 Å². The Morgan fingerprint density at radius 3 is 2.52 bits per heavy atom. The van der Waals surface area contributed by atoms with E-state index in [0.717, 1.165) is 31.6 Å². The van der Waals surface area contributed by atoms with Crippen LogP contribution < -0.4 is 5.32 Å². The molecule has 3 rings (SSSR count). The van der Waals surface area contributed by atoms with Gasteiger partial charge in [-0.1, -0.05) is 17.7 Å². The van der Waals surface area contributed by atoms with Crippen LogP contribution in [0.1, 0.15) is 29.1 Å². The van der Waals surface area contributed by atoms with Crippen LogP contribution in [0.5, 0.6) is 0 Å². The SMILES string of the molecule is CC(n1cc(-c2cccc(C(=O)Nc3cc(Cl)cnc3C(F)(F)F)n2)cn1)C(F)(F)F. The lowest BCUT2D eigenvalue weighted by molar-refractivity contribution is -0.165. The Hall–Kier alpha value is -3.15. The molecule has 1 N–H and O–H groups in total. The third-order valence-electron chi connectivity index (χ3n) is 4.12. The average molecular weight is 464 g/mol. The highest BCUT2D eigenvalue weighted by Crippen LogP contribution is 2.34. The van der Waals surface area contributed by atoms with Crippen molar-refractivity contribution in [1.29, 1.82) is 0 Å². The lowest BCUT2D eigenvalue weighted by Crippen LogP contribution is -2.23. The molecular weight excluding hydrogens is 452 g/mol. The maximum absolute atomic E-state index is 13.1. The fourth-order valence-corrected chi connectivity index (χ4v) is 2.66. The molecule has 0 saturated carbocycles. The summed E-state index contributed by atoms with van der Waals surface area (Å²) in [4.78, 5) is 19.7. The lowest BCUT2D eigenvalue weighted by Gasteiger charge is -2.15. The van der Waals surface area contributed by atoms with Crippen molar-refractivity contribution in [3.63, 3.8) is 0 Å². The summed E-state index contributed by atoms with van der Waals surface area (Å²) in [5.74, 6) is -0.993. The van der Waals surface area contributed by atoms with E-state index in [1.165, 1.54) is 18.2 Å². The minimum Gasteiger partial charge on any atom is -0.319 e. The van der Waals surface area contributed by atoms with Gasteiger partial charge in [-0.3, -0.25) is 9.48 Å². The number of hydrogen-bond acceptors (Lipinski definition) is 4. The summed E-state index contributed by atoms with van der Waals surface area (Å²) < 4.78 is 78.5. The molecule has 0 aliphatic carbocycles. The van der Waals surface area contributed by atoms with E-state index in [9.17, 15) is 31.1 Å². The van der Waals surface area contributed by atoms with Crippen LogP contribution in [-0.2, 0) is 6.18 Å². The molecule has 0 saturated heterocycles. The highest BCUT2D eigenvalue weighted by Gasteiger charge is 2.38. The van der Waals surface area contributed by atoms with Gasteiger partial charge in [-0.05, 0) is 25.1 Å². The van der Waals surface area contributed by atoms with Gasteiger partial charge in [0.2, 0.25) is 0 Å². The number of halogens is 7. The van der Waals surface area contributed by atoms with Crippen molar-refractivity contribution in [2.24, 2.45) is 0 Å². The number of nitrogens with zero attached hydrogens (tertiary/aromatic N) is 4. The Morgan fingerprint density at radius 1 is 1.16 bits per heavy atom. The minimum atomic E-state index is -4.84. The maximum atomic E-state index is 13.1. The zero-order valence-electron chi connectivity index (χ0n) is 15.5. The van der Waals surface area contributed by atoms with Crippen molar-refractivity contribution in [1.82, 2.24) is 19.7 Å². The van der Waals surface area contributed by atoms with Gasteiger partial charge >= 0.3 is 12.4 Å². The highest BCUT2D eigenvalue weighted by atomic mass is 35.5. The molecule has 1 amide bonds. The smallest absolute Gasteiger partial charge is 0.319 e. The molecule has 1 atom stereocenters. The summed E-state index contributed by atoms with van der Waals surface area (Å²) in [5.41, 5.74) is -1.99. The van der Waals surface area contributed by atoms with E-state index in [2.05, 4.69) is 20.4 Å². The largest absolute Gasteiger partial charge is 0.435 e. The van der Waals surface area contributed by atoms with E-state index < -0.39 is 35.7 Å². The third-order valence-corrected chi connectivity index (χ3v) is 4.33. The first-order chi connectivity index (χ1) is 14.4. The molecule has 0 spiro atoms. The summed E-state index contributed by atoms with van der Waals surface area (Å²) >= 11 is 5.68. The molecule has 6 nitrogen and oxygen atoms in total. The standard InChI is InChI=1S/C18H12ClF6N5O/c1-9(17(20,21)22)30-8-10(6-27-30)12-3-2-4-13(28-12)16(31)29-14-5-11(19)7-26-15(14)18(23,24)25/h2-9H,1H3,(H,29,31). The van der Waals surface area contributed by atoms with Crippen molar-refractivity contribution in [2.45, 2.75) is 25.3 Å². The molecule has 31 heavy (non-hydrogen) atoms. The molecule has 0 bridgehead atoms. The monoisotopic (exact) mass is 463 g/mol. The predicted molar refractivity (Wildman–Crippen MR) is 98.4 cm³/mol. The first-order valence-electron chi connectivity index (χ1n) is 8.48. The van der Waals surface area contributed by atoms with Gasteiger partial charge in [0.1, 0.15) is 11.7 Å². The van der Waals surface area contributed by atoms with Crippen molar-refractivity contribution < 1.29 is 31.1 Å². The molecule has 3 aromatic heterocycles. The second-order valence-corrected chi connectivity index (χ2v) is 6.77. The van der Waals surface area contributed by atoms with Gasteiger partial charge in [0.05, 0.1) is 22.6 Å². The Balaban J connectivity index is 1.87. The number of amides is 1. The third kappa shape index (κ3) is 5.13. The Morgan fingerprint density at radius 2 is 1.87 bits per heavy atom. The number of anilines is 1. The number of alkyl halides is 6. The van der Waals surface area contributed by atoms with E-state index in [-0.39, 0.29) is 22.0 Å². The quantitative estimate of drug-likeness (QED) is 0.527. The molecule has 0 aliphatic heterocycles. The van der Waals surface area contributed by atoms with Crippen molar-refractivity contribution in [3.8, 4) is 11.3 Å². The van der Waals surface area contributed by atoms with Gasteiger partial charge in [0, 0.05) is 18.0 Å². The number of nitrogens with one attached hydrogen (secondary N) is 1. The number of rotatable bonds is 4. The summed E-state index contributed by atoms with van der Waals surface area (Å²) in [6.45, 7) is 0.922. The van der Waals surface area contributed by atoms with Crippen molar-refractivity contribution >= 4 is 23.2 Å². The van der Waals surface area contributed by atoms with Crippen LogP contribution >= 0.6 is 11.6 Å². The van der Waals surface area contributed by atoms with E-state index in [4.69, 9.17) is 11.6 Å². The number of carbonyl (C=O) groups excluding carboxylic acids is 1. The second kappa shape index (κ2) is 8.17. The van der Waals surface area contributed by atoms with Crippen LogP contribution in [0.25, 0.3) is 11.3 Å². The number of carbonyl (C=O) groups is 1. The lowest BCUT2D eigenvalue weighted by atomic mass is 10.2. The fraction of sp³-hybridized carbons (Fsp3) is 0.222.